The number of aromatic nitrogens is 6. The molecule has 1 amide bonds. The first-order chi connectivity index (χ1) is 20.0. The van der Waals surface area contributed by atoms with E-state index in [4.69, 9.17) is 14.7 Å². The molecule has 6 rings (SSSR count). The summed E-state index contributed by atoms with van der Waals surface area (Å²) in [5, 5.41) is 34.7. The zero-order chi connectivity index (χ0) is 28.4. The fourth-order valence-electron chi connectivity index (χ4n) is 5.53. The smallest absolute Gasteiger partial charge is 0.251 e. The first kappa shape index (κ1) is 26.7. The molecule has 1 aromatic carbocycles. The van der Waals surface area contributed by atoms with Gasteiger partial charge < -0.3 is 25.2 Å². The van der Waals surface area contributed by atoms with E-state index >= 15 is 0 Å². The standard InChI is InChI=1S/C29H32N8O4/c1-2-41-20-12-21(26-22-14-32-34-27(22)35-37(26)17-20)23-15-31-25(16-30-23)36-10-8-29(9-11-36,33-28(40)24(39)18-38)13-19-6-4-3-5-7-19/h3-7,12,14-17,24,38-39H,2,8-11,13,18H2,1H3,(H,33,40)(H,34,35)/t24-/m1/s1. The van der Waals surface area contributed by atoms with E-state index < -0.39 is 24.2 Å². The summed E-state index contributed by atoms with van der Waals surface area (Å²) in [6, 6.07) is 11.9. The number of benzene rings is 1. The molecule has 1 aliphatic rings. The molecule has 5 heterocycles. The third kappa shape index (κ3) is 5.31. The fourth-order valence-corrected chi connectivity index (χ4v) is 5.53. The summed E-state index contributed by atoms with van der Waals surface area (Å²) in [6.45, 7) is 3.11. The molecule has 0 aliphatic carbocycles. The normalized spacial score (nSPS) is 15.7. The quantitative estimate of drug-likeness (QED) is 0.214. The van der Waals surface area contributed by atoms with Crippen LogP contribution < -0.4 is 15.0 Å². The van der Waals surface area contributed by atoms with E-state index in [1.807, 2.05) is 49.5 Å². The molecule has 12 heteroatoms. The molecular weight excluding hydrogens is 524 g/mol. The highest BCUT2D eigenvalue weighted by Crippen LogP contribution is 2.33. The molecule has 0 spiro atoms. The van der Waals surface area contributed by atoms with Gasteiger partial charge in [0.15, 0.2) is 11.8 Å². The molecule has 4 N–H and O–H groups in total. The number of pyridine rings is 1. The number of H-pyrrole nitrogens is 1. The van der Waals surface area contributed by atoms with Gasteiger partial charge in [-0.3, -0.25) is 14.9 Å². The number of aliphatic hydroxyl groups is 2. The number of amides is 1. The Balaban J connectivity index is 1.24. The van der Waals surface area contributed by atoms with E-state index in [1.54, 1.807) is 23.1 Å². The zero-order valence-electron chi connectivity index (χ0n) is 22.7. The van der Waals surface area contributed by atoms with Crippen LogP contribution in [0.4, 0.5) is 5.82 Å². The van der Waals surface area contributed by atoms with Gasteiger partial charge in [0.2, 0.25) is 0 Å². The third-order valence-corrected chi connectivity index (χ3v) is 7.62. The van der Waals surface area contributed by atoms with E-state index in [2.05, 4.69) is 25.5 Å². The molecule has 41 heavy (non-hydrogen) atoms. The highest BCUT2D eigenvalue weighted by atomic mass is 16.5. The van der Waals surface area contributed by atoms with Crippen molar-refractivity contribution in [2.24, 2.45) is 0 Å². The van der Waals surface area contributed by atoms with Gasteiger partial charge in [-0.1, -0.05) is 30.3 Å². The summed E-state index contributed by atoms with van der Waals surface area (Å²) in [7, 11) is 0. The lowest BCUT2D eigenvalue weighted by Gasteiger charge is -2.43. The SMILES string of the molecule is CCOc1cc(-c2cnc(N3CCC(Cc4ccccc4)(NC(=O)[C@H](O)CO)CC3)cn2)c2c3cn[nH]c3nn2c1. The molecule has 5 aromatic rings. The van der Waals surface area contributed by atoms with Gasteiger partial charge in [-0.15, -0.1) is 5.10 Å². The summed E-state index contributed by atoms with van der Waals surface area (Å²) in [5.41, 5.74) is 3.60. The molecule has 0 radical (unpaired) electrons. The Hall–Kier alpha value is -4.55. The van der Waals surface area contributed by atoms with Crippen LogP contribution in [-0.2, 0) is 11.2 Å². The van der Waals surface area contributed by atoms with Crippen molar-refractivity contribution < 1.29 is 19.7 Å². The highest BCUT2D eigenvalue weighted by Gasteiger charge is 2.37. The number of aromatic amines is 1. The van der Waals surface area contributed by atoms with Crippen molar-refractivity contribution in [1.82, 2.24) is 35.1 Å². The van der Waals surface area contributed by atoms with Crippen LogP contribution in [0.5, 0.6) is 5.75 Å². The Morgan fingerprint density at radius 3 is 2.68 bits per heavy atom. The average molecular weight is 557 g/mol. The lowest BCUT2D eigenvalue weighted by molar-refractivity contribution is -0.133. The molecule has 0 unspecified atom stereocenters. The minimum absolute atomic E-state index is 0.524. The number of hydrogen-bond donors (Lipinski definition) is 4. The fraction of sp³-hybridized carbons (Fsp3) is 0.345. The largest absolute Gasteiger partial charge is 0.492 e. The number of carbonyl (C=O) groups excluding carboxylic acids is 1. The zero-order valence-corrected chi connectivity index (χ0v) is 22.7. The van der Waals surface area contributed by atoms with Crippen molar-refractivity contribution in [3.05, 3.63) is 66.7 Å². The van der Waals surface area contributed by atoms with E-state index in [1.165, 1.54) is 0 Å². The van der Waals surface area contributed by atoms with Gasteiger partial charge in [0.25, 0.3) is 5.91 Å². The Morgan fingerprint density at radius 2 is 1.98 bits per heavy atom. The number of carbonyl (C=O) groups is 1. The molecule has 0 bridgehead atoms. The lowest BCUT2D eigenvalue weighted by Crippen LogP contribution is -2.59. The van der Waals surface area contributed by atoms with Crippen molar-refractivity contribution in [2.45, 2.75) is 37.8 Å². The first-order valence-corrected chi connectivity index (χ1v) is 13.7. The molecule has 12 nitrogen and oxygen atoms in total. The first-order valence-electron chi connectivity index (χ1n) is 13.7. The van der Waals surface area contributed by atoms with Crippen molar-refractivity contribution in [3.8, 4) is 17.0 Å². The monoisotopic (exact) mass is 556 g/mol. The summed E-state index contributed by atoms with van der Waals surface area (Å²) in [4.78, 5) is 24.3. The molecule has 4 aromatic heterocycles. The third-order valence-electron chi connectivity index (χ3n) is 7.62. The van der Waals surface area contributed by atoms with Crippen LogP contribution in [0.2, 0.25) is 0 Å². The van der Waals surface area contributed by atoms with E-state index in [9.17, 15) is 15.0 Å². The second kappa shape index (κ2) is 11.1. The van der Waals surface area contributed by atoms with Crippen LogP contribution in [0.1, 0.15) is 25.3 Å². The molecule has 1 fully saturated rings. The minimum atomic E-state index is -1.45. The van der Waals surface area contributed by atoms with E-state index in [0.29, 0.717) is 56.0 Å². The predicted molar refractivity (Wildman–Crippen MR) is 153 cm³/mol. The van der Waals surface area contributed by atoms with Gasteiger partial charge in [0.05, 0.1) is 54.6 Å². The Labute approximate surface area is 236 Å². The van der Waals surface area contributed by atoms with Crippen LogP contribution in [0.3, 0.4) is 0 Å². The number of nitrogens with zero attached hydrogens (tertiary/aromatic N) is 6. The second-order valence-corrected chi connectivity index (χ2v) is 10.3. The van der Waals surface area contributed by atoms with Gasteiger partial charge in [0, 0.05) is 24.2 Å². The number of fused-ring (bicyclic) bond motifs is 3. The number of hydrogen-bond acceptors (Lipinski definition) is 9. The number of anilines is 1. The van der Waals surface area contributed by atoms with Gasteiger partial charge in [-0.05, 0) is 37.8 Å². The van der Waals surface area contributed by atoms with E-state index in [-0.39, 0.29) is 0 Å². The molecule has 212 valence electrons. The van der Waals surface area contributed by atoms with Crippen molar-refractivity contribution in [1.29, 1.82) is 0 Å². The maximum Gasteiger partial charge on any atom is 0.251 e. The number of rotatable bonds is 9. The van der Waals surface area contributed by atoms with Crippen LogP contribution in [0.25, 0.3) is 27.8 Å². The predicted octanol–water partition coefficient (Wildman–Crippen LogP) is 2.12. The topological polar surface area (TPSA) is 154 Å². The van der Waals surface area contributed by atoms with Crippen LogP contribution in [-0.4, -0.2) is 83.8 Å². The van der Waals surface area contributed by atoms with Crippen LogP contribution in [0.15, 0.2) is 61.2 Å². The minimum Gasteiger partial charge on any atom is -0.492 e. The summed E-state index contributed by atoms with van der Waals surface area (Å²) >= 11 is 0. The van der Waals surface area contributed by atoms with Crippen LogP contribution in [0, 0.1) is 0 Å². The van der Waals surface area contributed by atoms with Gasteiger partial charge in [-0.25, -0.2) is 9.50 Å². The maximum absolute atomic E-state index is 12.6. The molecule has 1 atom stereocenters. The van der Waals surface area contributed by atoms with Crippen LogP contribution >= 0.6 is 0 Å². The molecule has 1 aliphatic heterocycles. The molecular formula is C29H32N8O4. The summed E-state index contributed by atoms with van der Waals surface area (Å²) in [5.74, 6) is 0.856. The summed E-state index contributed by atoms with van der Waals surface area (Å²) in [6.07, 6.45) is 7.55. The Bertz CT molecular complexity index is 1640. The molecule has 0 saturated carbocycles. The number of piperidine rings is 1. The number of aliphatic hydroxyl groups excluding tert-OH is 2. The van der Waals surface area contributed by atoms with E-state index in [0.717, 1.165) is 27.8 Å². The summed E-state index contributed by atoms with van der Waals surface area (Å²) < 4.78 is 7.55. The van der Waals surface area contributed by atoms with Crippen molar-refractivity contribution in [2.75, 3.05) is 31.2 Å². The van der Waals surface area contributed by atoms with Gasteiger partial charge in [0.1, 0.15) is 11.6 Å². The maximum atomic E-state index is 12.6. The number of ether oxygens (including phenoxy) is 1. The number of nitrogens with one attached hydrogen (secondary N) is 2. The Morgan fingerprint density at radius 1 is 1.17 bits per heavy atom. The van der Waals surface area contributed by atoms with Crippen molar-refractivity contribution in [3.63, 3.8) is 0 Å². The average Bonchev–Trinajstić information content (AvgIpc) is 3.59. The van der Waals surface area contributed by atoms with Gasteiger partial charge in [-0.2, -0.15) is 5.10 Å². The Kier molecular flexibility index (Phi) is 7.25. The molecule has 1 saturated heterocycles. The lowest BCUT2D eigenvalue weighted by atomic mass is 9.81. The second-order valence-electron chi connectivity index (χ2n) is 10.3. The van der Waals surface area contributed by atoms with Gasteiger partial charge >= 0.3 is 0 Å². The highest BCUT2D eigenvalue weighted by molar-refractivity contribution is 6.00. The van der Waals surface area contributed by atoms with Crippen molar-refractivity contribution >= 4 is 28.3 Å².